The van der Waals surface area contributed by atoms with Crippen LogP contribution in [0.3, 0.4) is 0 Å². The zero-order chi connectivity index (χ0) is 18.0. The summed E-state index contributed by atoms with van der Waals surface area (Å²) in [7, 11) is 1.54. The molecule has 0 radical (unpaired) electrons. The van der Waals surface area contributed by atoms with Gasteiger partial charge in [0.1, 0.15) is 17.8 Å². The van der Waals surface area contributed by atoms with Crippen LogP contribution in [0.2, 0.25) is 0 Å². The Hall–Kier alpha value is -2.57. The first-order chi connectivity index (χ1) is 12.0. The van der Waals surface area contributed by atoms with Gasteiger partial charge in [0.15, 0.2) is 0 Å². The highest BCUT2D eigenvalue weighted by Gasteiger charge is 2.46. The van der Waals surface area contributed by atoms with Crippen LogP contribution in [0.25, 0.3) is 0 Å². The molecule has 2 fully saturated rings. The molecule has 7 nitrogen and oxygen atoms in total. The number of piperazine rings is 1. The SMILES string of the molecule is CCC[C@@H]1NC(=O)[C@@H]2C[C@H](NC(=O)c3cccc(OC)c3)CN2C1=O. The van der Waals surface area contributed by atoms with E-state index in [0.29, 0.717) is 30.7 Å². The predicted octanol–water partition coefficient (Wildman–Crippen LogP) is 0.693. The number of benzene rings is 1. The van der Waals surface area contributed by atoms with Crippen LogP contribution in [0.1, 0.15) is 36.5 Å². The molecular formula is C18H23N3O4. The molecule has 2 heterocycles. The third kappa shape index (κ3) is 3.45. The van der Waals surface area contributed by atoms with Crippen molar-refractivity contribution in [2.75, 3.05) is 13.7 Å². The summed E-state index contributed by atoms with van der Waals surface area (Å²) in [6, 6.07) is 5.71. The van der Waals surface area contributed by atoms with Crippen LogP contribution in [0.4, 0.5) is 0 Å². The van der Waals surface area contributed by atoms with Crippen molar-refractivity contribution < 1.29 is 19.1 Å². The quantitative estimate of drug-likeness (QED) is 0.822. The van der Waals surface area contributed by atoms with Crippen molar-refractivity contribution in [1.29, 1.82) is 0 Å². The maximum Gasteiger partial charge on any atom is 0.251 e. The maximum absolute atomic E-state index is 12.5. The molecule has 2 aliphatic heterocycles. The van der Waals surface area contributed by atoms with Crippen molar-refractivity contribution in [1.82, 2.24) is 15.5 Å². The van der Waals surface area contributed by atoms with E-state index < -0.39 is 12.1 Å². The monoisotopic (exact) mass is 345 g/mol. The van der Waals surface area contributed by atoms with E-state index in [4.69, 9.17) is 4.74 Å². The topological polar surface area (TPSA) is 87.7 Å². The van der Waals surface area contributed by atoms with E-state index in [-0.39, 0.29) is 23.8 Å². The number of rotatable bonds is 5. The molecule has 0 unspecified atom stereocenters. The number of carbonyl (C=O) groups is 3. The van der Waals surface area contributed by atoms with Gasteiger partial charge in [-0.25, -0.2) is 0 Å². The minimum atomic E-state index is -0.490. The molecule has 0 aliphatic carbocycles. The first kappa shape index (κ1) is 17.3. The Kier molecular flexibility index (Phi) is 4.92. The molecule has 134 valence electrons. The van der Waals surface area contributed by atoms with Crippen molar-refractivity contribution in [3.63, 3.8) is 0 Å². The predicted molar refractivity (Wildman–Crippen MR) is 91.2 cm³/mol. The van der Waals surface area contributed by atoms with Gasteiger partial charge in [0.05, 0.1) is 7.11 Å². The largest absolute Gasteiger partial charge is 0.497 e. The van der Waals surface area contributed by atoms with E-state index in [1.807, 2.05) is 6.92 Å². The van der Waals surface area contributed by atoms with Gasteiger partial charge >= 0.3 is 0 Å². The van der Waals surface area contributed by atoms with Crippen LogP contribution in [0, 0.1) is 0 Å². The summed E-state index contributed by atoms with van der Waals surface area (Å²) in [4.78, 5) is 38.8. The summed E-state index contributed by atoms with van der Waals surface area (Å²) >= 11 is 0. The lowest BCUT2D eigenvalue weighted by atomic mass is 10.0. The van der Waals surface area contributed by atoms with E-state index >= 15 is 0 Å². The zero-order valence-electron chi connectivity index (χ0n) is 14.5. The molecule has 0 saturated carbocycles. The Morgan fingerprint density at radius 2 is 2.20 bits per heavy atom. The molecule has 25 heavy (non-hydrogen) atoms. The van der Waals surface area contributed by atoms with Crippen molar-refractivity contribution in [3.8, 4) is 5.75 Å². The van der Waals surface area contributed by atoms with Gasteiger partial charge in [-0.1, -0.05) is 19.4 Å². The second kappa shape index (κ2) is 7.13. The molecule has 2 aliphatic rings. The summed E-state index contributed by atoms with van der Waals surface area (Å²) in [6.07, 6.45) is 1.89. The highest BCUT2D eigenvalue weighted by Crippen LogP contribution is 2.24. The standard InChI is InChI=1S/C18H23N3O4/c1-3-5-14-18(24)21-10-12(9-15(21)17(23)20-14)19-16(22)11-6-4-7-13(8-11)25-2/h4,6-8,12,14-15H,3,5,9-10H2,1-2H3,(H,19,22)(H,20,23)/t12-,14-,15-/m0/s1. The van der Waals surface area contributed by atoms with Crippen molar-refractivity contribution in [2.24, 2.45) is 0 Å². The van der Waals surface area contributed by atoms with Gasteiger partial charge in [-0.2, -0.15) is 0 Å². The number of hydrogen-bond donors (Lipinski definition) is 2. The fraction of sp³-hybridized carbons (Fsp3) is 0.500. The van der Waals surface area contributed by atoms with Crippen LogP contribution in [0.5, 0.6) is 5.75 Å². The maximum atomic E-state index is 12.5. The summed E-state index contributed by atoms with van der Waals surface area (Å²) in [5.74, 6) is 0.191. The fourth-order valence-corrected chi connectivity index (χ4v) is 3.48. The minimum absolute atomic E-state index is 0.0513. The van der Waals surface area contributed by atoms with Crippen LogP contribution in [-0.4, -0.2) is 54.4 Å². The van der Waals surface area contributed by atoms with Crippen LogP contribution >= 0.6 is 0 Å². The number of nitrogens with zero attached hydrogens (tertiary/aromatic N) is 1. The van der Waals surface area contributed by atoms with Gasteiger partial charge in [0.25, 0.3) is 5.91 Å². The van der Waals surface area contributed by atoms with Gasteiger partial charge in [-0.3, -0.25) is 14.4 Å². The van der Waals surface area contributed by atoms with Crippen molar-refractivity contribution in [3.05, 3.63) is 29.8 Å². The molecule has 3 amide bonds. The molecule has 2 saturated heterocycles. The molecule has 7 heteroatoms. The van der Waals surface area contributed by atoms with Gasteiger partial charge in [0.2, 0.25) is 11.8 Å². The molecule has 0 bridgehead atoms. The lowest BCUT2D eigenvalue weighted by molar-refractivity contribution is -0.147. The van der Waals surface area contributed by atoms with Crippen LogP contribution in [-0.2, 0) is 9.59 Å². The van der Waals surface area contributed by atoms with Crippen molar-refractivity contribution >= 4 is 17.7 Å². The van der Waals surface area contributed by atoms with E-state index in [9.17, 15) is 14.4 Å². The number of ether oxygens (including phenoxy) is 1. The smallest absolute Gasteiger partial charge is 0.251 e. The Labute approximate surface area is 146 Å². The lowest BCUT2D eigenvalue weighted by Gasteiger charge is -2.34. The van der Waals surface area contributed by atoms with Crippen molar-refractivity contribution in [2.45, 2.75) is 44.3 Å². The molecular weight excluding hydrogens is 322 g/mol. The number of nitrogens with one attached hydrogen (secondary N) is 2. The Balaban J connectivity index is 1.67. The highest BCUT2D eigenvalue weighted by molar-refractivity contribution is 5.98. The van der Waals surface area contributed by atoms with Gasteiger partial charge < -0.3 is 20.3 Å². The number of methoxy groups -OCH3 is 1. The average Bonchev–Trinajstić information content (AvgIpc) is 3.04. The molecule has 0 spiro atoms. The molecule has 2 N–H and O–H groups in total. The second-order valence-corrected chi connectivity index (χ2v) is 6.49. The number of amides is 3. The van der Waals surface area contributed by atoms with E-state index in [0.717, 1.165) is 6.42 Å². The Morgan fingerprint density at radius 1 is 1.40 bits per heavy atom. The Morgan fingerprint density at radius 3 is 2.92 bits per heavy atom. The van der Waals surface area contributed by atoms with Crippen LogP contribution in [0.15, 0.2) is 24.3 Å². The van der Waals surface area contributed by atoms with E-state index in [1.165, 1.54) is 0 Å². The van der Waals surface area contributed by atoms with Gasteiger partial charge in [0, 0.05) is 18.2 Å². The summed E-state index contributed by atoms with van der Waals surface area (Å²) in [5.41, 5.74) is 0.490. The molecule has 1 aromatic rings. The first-order valence-electron chi connectivity index (χ1n) is 8.59. The number of carbonyl (C=O) groups excluding carboxylic acids is 3. The van der Waals surface area contributed by atoms with Crippen LogP contribution < -0.4 is 15.4 Å². The summed E-state index contributed by atoms with van der Waals surface area (Å²) in [5, 5.41) is 5.72. The van der Waals surface area contributed by atoms with Gasteiger partial charge in [-0.05, 0) is 31.0 Å². The number of fused-ring (bicyclic) bond motifs is 1. The third-order valence-corrected chi connectivity index (χ3v) is 4.75. The summed E-state index contributed by atoms with van der Waals surface area (Å²) < 4.78 is 5.13. The molecule has 3 rings (SSSR count). The molecule has 3 atom stereocenters. The lowest BCUT2D eigenvalue weighted by Crippen LogP contribution is -2.61. The fourth-order valence-electron chi connectivity index (χ4n) is 3.48. The minimum Gasteiger partial charge on any atom is -0.497 e. The van der Waals surface area contributed by atoms with E-state index in [1.54, 1.807) is 36.3 Å². The Bertz CT molecular complexity index is 691. The average molecular weight is 345 g/mol. The first-order valence-corrected chi connectivity index (χ1v) is 8.59. The molecule has 0 aromatic heterocycles. The second-order valence-electron chi connectivity index (χ2n) is 6.49. The van der Waals surface area contributed by atoms with E-state index in [2.05, 4.69) is 10.6 Å². The normalized spacial score (nSPS) is 25.4. The summed E-state index contributed by atoms with van der Waals surface area (Å²) in [6.45, 7) is 2.35. The highest BCUT2D eigenvalue weighted by atomic mass is 16.5. The zero-order valence-corrected chi connectivity index (χ0v) is 14.5. The number of hydrogen-bond acceptors (Lipinski definition) is 4. The van der Waals surface area contributed by atoms with Gasteiger partial charge in [-0.15, -0.1) is 0 Å². The third-order valence-electron chi connectivity index (χ3n) is 4.75. The molecule has 1 aromatic carbocycles.